The fourth-order valence-electron chi connectivity index (χ4n) is 8.54. The van der Waals surface area contributed by atoms with Gasteiger partial charge in [-0.25, -0.2) is 0 Å². The van der Waals surface area contributed by atoms with E-state index in [-0.39, 0.29) is 10.8 Å². The Labute approximate surface area is 259 Å². The predicted octanol–water partition coefficient (Wildman–Crippen LogP) is 12.0. The Kier molecular flexibility index (Phi) is 5.11. The Morgan fingerprint density at radius 1 is 0.364 bits per heavy atom. The van der Waals surface area contributed by atoms with Gasteiger partial charge in [-0.2, -0.15) is 0 Å². The van der Waals surface area contributed by atoms with Crippen LogP contribution in [0.15, 0.2) is 127 Å². The van der Waals surface area contributed by atoms with Gasteiger partial charge < -0.3 is 0 Å². The van der Waals surface area contributed by atoms with Gasteiger partial charge in [0.05, 0.1) is 0 Å². The molecule has 0 nitrogen and oxygen atoms in total. The van der Waals surface area contributed by atoms with Crippen molar-refractivity contribution in [2.75, 3.05) is 0 Å². The molecule has 0 aliphatic heterocycles. The summed E-state index contributed by atoms with van der Waals surface area (Å²) in [6, 6.07) is 47.8. The van der Waals surface area contributed by atoms with Gasteiger partial charge in [-0.05, 0) is 94.0 Å². The summed E-state index contributed by atoms with van der Waals surface area (Å²) in [4.78, 5) is 0. The lowest BCUT2D eigenvalue weighted by Crippen LogP contribution is -2.23. The molecule has 9 rings (SSSR count). The molecule has 0 spiro atoms. The molecule has 2 aliphatic carbocycles. The van der Waals surface area contributed by atoms with Crippen LogP contribution >= 0.6 is 0 Å². The molecule has 44 heavy (non-hydrogen) atoms. The quantitative estimate of drug-likeness (QED) is 0.184. The van der Waals surface area contributed by atoms with E-state index in [0.29, 0.717) is 0 Å². The molecule has 7 aromatic carbocycles. The minimum Gasteiger partial charge on any atom is -0.0619 e. The first-order valence-electron chi connectivity index (χ1n) is 15.8. The zero-order chi connectivity index (χ0) is 29.8. The van der Waals surface area contributed by atoms with Crippen LogP contribution in [0.2, 0.25) is 0 Å². The maximum Gasteiger partial charge on any atom is 0.0159 e. The lowest BCUT2D eigenvalue weighted by molar-refractivity contribution is 0.645. The molecule has 0 heteroatoms. The molecule has 0 unspecified atom stereocenters. The van der Waals surface area contributed by atoms with E-state index in [1.165, 1.54) is 88.0 Å². The topological polar surface area (TPSA) is 0 Å². The fourth-order valence-corrected chi connectivity index (χ4v) is 8.54. The maximum absolute atomic E-state index is 2.44. The third-order valence-corrected chi connectivity index (χ3v) is 10.7. The first kappa shape index (κ1) is 25.5. The fraction of sp³-hybridized carbons (Fsp3) is 0.136. The molecule has 0 saturated carbocycles. The van der Waals surface area contributed by atoms with Crippen LogP contribution in [-0.2, 0) is 10.8 Å². The summed E-state index contributed by atoms with van der Waals surface area (Å²) in [5.41, 5.74) is 13.5. The molecule has 0 fully saturated rings. The molecular formula is C44H34. The van der Waals surface area contributed by atoms with Crippen molar-refractivity contribution in [2.45, 2.75) is 38.5 Å². The van der Waals surface area contributed by atoms with Crippen molar-refractivity contribution in [2.24, 2.45) is 0 Å². The van der Waals surface area contributed by atoms with Crippen molar-refractivity contribution in [3.63, 3.8) is 0 Å². The van der Waals surface area contributed by atoms with Crippen LogP contribution in [-0.4, -0.2) is 0 Å². The zero-order valence-electron chi connectivity index (χ0n) is 25.7. The molecule has 0 saturated heterocycles. The van der Waals surface area contributed by atoms with E-state index in [2.05, 4.69) is 161 Å². The predicted molar refractivity (Wildman–Crippen MR) is 189 cm³/mol. The molecule has 0 heterocycles. The van der Waals surface area contributed by atoms with E-state index in [1.54, 1.807) is 0 Å². The van der Waals surface area contributed by atoms with Crippen molar-refractivity contribution in [1.29, 1.82) is 0 Å². The summed E-state index contributed by atoms with van der Waals surface area (Å²) in [6.45, 7) is 9.53. The highest BCUT2D eigenvalue weighted by molar-refractivity contribution is 6.24. The van der Waals surface area contributed by atoms with Gasteiger partial charge in [-0.3, -0.25) is 0 Å². The van der Waals surface area contributed by atoms with Gasteiger partial charge in [0, 0.05) is 10.8 Å². The largest absolute Gasteiger partial charge is 0.0619 e. The summed E-state index contributed by atoms with van der Waals surface area (Å²) in [5, 5.41) is 7.98. The summed E-state index contributed by atoms with van der Waals surface area (Å²) >= 11 is 0. The Hall–Kier alpha value is -4.94. The number of hydrogen-bond acceptors (Lipinski definition) is 0. The van der Waals surface area contributed by atoms with Crippen LogP contribution in [0.25, 0.3) is 66.2 Å². The number of hydrogen-bond donors (Lipinski definition) is 0. The number of allylic oxidation sites excluding steroid dienone is 1. The van der Waals surface area contributed by atoms with Crippen LogP contribution in [0.3, 0.4) is 0 Å². The first-order chi connectivity index (χ1) is 21.4. The Balaban J connectivity index is 1.41. The van der Waals surface area contributed by atoms with Gasteiger partial charge in [0.15, 0.2) is 0 Å². The van der Waals surface area contributed by atoms with Crippen molar-refractivity contribution in [1.82, 2.24) is 0 Å². The lowest BCUT2D eigenvalue weighted by Gasteiger charge is -2.35. The summed E-state index contributed by atoms with van der Waals surface area (Å²) < 4.78 is 0. The molecule has 2 aliphatic rings. The minimum atomic E-state index is -0.0944. The highest BCUT2D eigenvalue weighted by atomic mass is 14.4. The normalized spacial score (nSPS) is 15.8. The van der Waals surface area contributed by atoms with Crippen molar-refractivity contribution >= 4 is 44.0 Å². The second-order valence-corrected chi connectivity index (χ2v) is 13.7. The molecule has 210 valence electrons. The highest BCUT2D eigenvalue weighted by Crippen LogP contribution is 2.54. The minimum absolute atomic E-state index is 0.0781. The van der Waals surface area contributed by atoms with Crippen LogP contribution in [0.4, 0.5) is 0 Å². The Morgan fingerprint density at radius 3 is 1.57 bits per heavy atom. The number of rotatable bonds is 2. The van der Waals surface area contributed by atoms with Crippen LogP contribution < -0.4 is 0 Å². The van der Waals surface area contributed by atoms with E-state index in [0.717, 1.165) is 0 Å². The van der Waals surface area contributed by atoms with Crippen molar-refractivity contribution in [3.8, 4) is 22.3 Å². The Bertz CT molecular complexity index is 2320. The van der Waals surface area contributed by atoms with E-state index >= 15 is 0 Å². The average Bonchev–Trinajstić information content (AvgIpc) is 3.32. The molecule has 0 bridgehead atoms. The van der Waals surface area contributed by atoms with E-state index in [9.17, 15) is 0 Å². The summed E-state index contributed by atoms with van der Waals surface area (Å²) in [7, 11) is 0. The number of benzene rings is 7. The molecule has 0 N–H and O–H groups in total. The van der Waals surface area contributed by atoms with Gasteiger partial charge in [0.2, 0.25) is 0 Å². The van der Waals surface area contributed by atoms with Gasteiger partial charge in [-0.1, -0.05) is 155 Å². The number of fused-ring (bicyclic) bond motifs is 5. The molecule has 0 aromatic heterocycles. The average molecular weight is 563 g/mol. The van der Waals surface area contributed by atoms with Crippen LogP contribution in [0.1, 0.15) is 55.5 Å². The molecule has 0 radical (unpaired) electrons. The summed E-state index contributed by atoms with van der Waals surface area (Å²) in [6.07, 6.45) is 2.44. The zero-order valence-corrected chi connectivity index (χ0v) is 25.7. The third-order valence-electron chi connectivity index (χ3n) is 10.7. The van der Waals surface area contributed by atoms with Gasteiger partial charge in [-0.15, -0.1) is 0 Å². The van der Waals surface area contributed by atoms with Crippen LogP contribution in [0, 0.1) is 0 Å². The molecule has 0 atom stereocenters. The molecule has 0 amide bonds. The second-order valence-electron chi connectivity index (χ2n) is 13.7. The summed E-state index contributed by atoms with van der Waals surface area (Å²) in [5.74, 6) is 0. The van der Waals surface area contributed by atoms with Gasteiger partial charge in [0.1, 0.15) is 0 Å². The smallest absolute Gasteiger partial charge is 0.0159 e. The monoisotopic (exact) mass is 562 g/mol. The Morgan fingerprint density at radius 2 is 0.886 bits per heavy atom. The van der Waals surface area contributed by atoms with Crippen molar-refractivity contribution in [3.05, 3.63) is 155 Å². The van der Waals surface area contributed by atoms with Crippen LogP contribution in [0.5, 0.6) is 0 Å². The van der Waals surface area contributed by atoms with Crippen molar-refractivity contribution < 1.29 is 0 Å². The SMILES string of the molecule is CC1(C)C(c2c3ccccc3c(-c3ccc4c5c(cccc35)C(C)(C)c3ccccc3-4)c3ccccc23)=Cc2ccccc21. The standard InChI is InChI=1S/C44H34/c1-43(2)36-21-11-5-14-27(36)26-39(43)42-31-18-8-6-16-29(31)40(30-17-7-9-19-32(30)42)35-25-24-34-28-15-10-12-22-37(28)44(3,4)38-23-13-20-33(35)41(34)38/h5-26H,1-4H3. The molecule has 7 aromatic rings. The second kappa shape index (κ2) is 8.80. The third kappa shape index (κ3) is 3.23. The lowest BCUT2D eigenvalue weighted by atomic mass is 9.68. The van der Waals surface area contributed by atoms with E-state index < -0.39 is 0 Å². The van der Waals surface area contributed by atoms with Gasteiger partial charge >= 0.3 is 0 Å². The maximum atomic E-state index is 2.44. The molecular weight excluding hydrogens is 528 g/mol. The van der Waals surface area contributed by atoms with E-state index in [4.69, 9.17) is 0 Å². The van der Waals surface area contributed by atoms with E-state index in [1.807, 2.05) is 0 Å². The highest BCUT2D eigenvalue weighted by Gasteiger charge is 2.36. The van der Waals surface area contributed by atoms with Gasteiger partial charge in [0.25, 0.3) is 0 Å². The first-order valence-corrected chi connectivity index (χ1v) is 15.8.